The van der Waals surface area contributed by atoms with Gasteiger partial charge in [0.25, 0.3) is 0 Å². The van der Waals surface area contributed by atoms with E-state index in [4.69, 9.17) is 19.9 Å². The molecule has 2 atom stereocenters. The third-order valence-electron chi connectivity index (χ3n) is 3.56. The quantitative estimate of drug-likeness (QED) is 0.816. The molecule has 0 aliphatic heterocycles. The molecule has 5 nitrogen and oxygen atoms in total. The van der Waals surface area contributed by atoms with Gasteiger partial charge in [-0.2, -0.15) is 0 Å². The highest BCUT2D eigenvalue weighted by molar-refractivity contribution is 5.52. The third-order valence-corrected chi connectivity index (χ3v) is 3.56. The maximum absolute atomic E-state index is 10.2. The zero-order valence-electron chi connectivity index (χ0n) is 11.6. The maximum Gasteiger partial charge on any atom is 0.131 e. The Bertz CT molecular complexity index is 420. The standard InChI is InChI=1S/C14H21NO4/c1-17-9-6-10(18-2)12(11(7-9)19-3)13(15)14(16)8-4-5-8/h6-8,13-14,16H,4-5,15H2,1-3H3/t13-,14+/m1/s1. The van der Waals surface area contributed by atoms with Gasteiger partial charge in [0.15, 0.2) is 0 Å². The number of hydrogen-bond acceptors (Lipinski definition) is 5. The van der Waals surface area contributed by atoms with Crippen LogP contribution in [0.2, 0.25) is 0 Å². The van der Waals surface area contributed by atoms with E-state index in [1.807, 2.05) is 0 Å². The summed E-state index contributed by atoms with van der Waals surface area (Å²) < 4.78 is 15.9. The topological polar surface area (TPSA) is 73.9 Å². The minimum absolute atomic E-state index is 0.284. The van der Waals surface area contributed by atoms with E-state index in [0.717, 1.165) is 12.8 Å². The van der Waals surface area contributed by atoms with Crippen LogP contribution in [0.4, 0.5) is 0 Å². The molecule has 1 saturated carbocycles. The van der Waals surface area contributed by atoms with Gasteiger partial charge in [-0.1, -0.05) is 0 Å². The van der Waals surface area contributed by atoms with Crippen LogP contribution in [0.5, 0.6) is 17.2 Å². The molecule has 5 heteroatoms. The molecule has 3 N–H and O–H groups in total. The molecule has 0 unspecified atom stereocenters. The second kappa shape index (κ2) is 5.67. The smallest absolute Gasteiger partial charge is 0.131 e. The van der Waals surface area contributed by atoms with Gasteiger partial charge in [0.2, 0.25) is 0 Å². The van der Waals surface area contributed by atoms with Crippen molar-refractivity contribution in [1.29, 1.82) is 0 Å². The Hall–Kier alpha value is -1.46. The molecule has 1 aliphatic rings. The van der Waals surface area contributed by atoms with Gasteiger partial charge in [0.1, 0.15) is 17.2 Å². The molecule has 0 saturated heterocycles. The fourth-order valence-electron chi connectivity index (χ4n) is 2.26. The second-order valence-corrected chi connectivity index (χ2v) is 4.80. The summed E-state index contributed by atoms with van der Waals surface area (Å²) in [4.78, 5) is 0. The van der Waals surface area contributed by atoms with E-state index < -0.39 is 12.1 Å². The number of methoxy groups -OCH3 is 3. The van der Waals surface area contributed by atoms with Crippen LogP contribution in [0.25, 0.3) is 0 Å². The second-order valence-electron chi connectivity index (χ2n) is 4.80. The SMILES string of the molecule is COc1cc(OC)c([C@@H](N)[C@@H](O)C2CC2)c(OC)c1. The van der Waals surface area contributed by atoms with Gasteiger partial charge in [0, 0.05) is 12.1 Å². The highest BCUT2D eigenvalue weighted by Gasteiger charge is 2.36. The largest absolute Gasteiger partial charge is 0.496 e. The van der Waals surface area contributed by atoms with Gasteiger partial charge < -0.3 is 25.1 Å². The lowest BCUT2D eigenvalue weighted by Gasteiger charge is -2.23. The van der Waals surface area contributed by atoms with Crippen LogP contribution in [0.15, 0.2) is 12.1 Å². The first kappa shape index (κ1) is 14.0. The Balaban J connectivity index is 2.40. The molecule has 0 bridgehead atoms. The van der Waals surface area contributed by atoms with Gasteiger partial charge in [-0.3, -0.25) is 0 Å². The summed E-state index contributed by atoms with van der Waals surface area (Å²) in [5.41, 5.74) is 6.86. The summed E-state index contributed by atoms with van der Waals surface area (Å²) >= 11 is 0. The van der Waals surface area contributed by atoms with E-state index in [0.29, 0.717) is 22.8 Å². The van der Waals surface area contributed by atoms with Crippen LogP contribution >= 0.6 is 0 Å². The van der Waals surface area contributed by atoms with Crippen molar-refractivity contribution in [3.63, 3.8) is 0 Å². The maximum atomic E-state index is 10.2. The molecular formula is C14H21NO4. The monoisotopic (exact) mass is 267 g/mol. The molecule has 2 rings (SSSR count). The average molecular weight is 267 g/mol. The summed E-state index contributed by atoms with van der Waals surface area (Å²) in [5, 5.41) is 10.2. The van der Waals surface area contributed by atoms with E-state index in [2.05, 4.69) is 0 Å². The normalized spacial score (nSPS) is 17.7. The number of aliphatic hydroxyl groups is 1. The number of nitrogens with two attached hydrogens (primary N) is 1. The van der Waals surface area contributed by atoms with Crippen molar-refractivity contribution in [3.8, 4) is 17.2 Å². The zero-order valence-corrected chi connectivity index (χ0v) is 11.6. The first-order valence-corrected chi connectivity index (χ1v) is 6.36. The Morgan fingerprint density at radius 3 is 2.00 bits per heavy atom. The summed E-state index contributed by atoms with van der Waals surface area (Å²) in [6.45, 7) is 0. The third kappa shape index (κ3) is 2.77. The molecule has 1 aliphatic carbocycles. The van der Waals surface area contributed by atoms with Crippen molar-refractivity contribution < 1.29 is 19.3 Å². The first-order chi connectivity index (χ1) is 9.12. The van der Waals surface area contributed by atoms with Crippen LogP contribution in [-0.2, 0) is 0 Å². The van der Waals surface area contributed by atoms with E-state index in [-0.39, 0.29) is 5.92 Å². The molecule has 1 aromatic carbocycles. The number of benzene rings is 1. The molecule has 19 heavy (non-hydrogen) atoms. The number of ether oxygens (including phenoxy) is 3. The lowest BCUT2D eigenvalue weighted by atomic mass is 9.97. The van der Waals surface area contributed by atoms with Crippen molar-refractivity contribution in [2.45, 2.75) is 25.0 Å². The average Bonchev–Trinajstić information content (AvgIpc) is 3.28. The van der Waals surface area contributed by atoms with E-state index in [1.165, 1.54) is 0 Å². The van der Waals surface area contributed by atoms with Crippen molar-refractivity contribution >= 4 is 0 Å². The van der Waals surface area contributed by atoms with Crippen LogP contribution in [-0.4, -0.2) is 32.5 Å². The van der Waals surface area contributed by atoms with Crippen LogP contribution in [0.1, 0.15) is 24.4 Å². The molecule has 1 fully saturated rings. The number of rotatable bonds is 6. The Morgan fingerprint density at radius 2 is 1.63 bits per heavy atom. The predicted octanol–water partition coefficient (Wildman–Crippen LogP) is 1.48. The summed E-state index contributed by atoms with van der Waals surface area (Å²) in [6.07, 6.45) is 1.47. The van der Waals surface area contributed by atoms with Gasteiger partial charge >= 0.3 is 0 Å². The Kier molecular flexibility index (Phi) is 4.17. The van der Waals surface area contributed by atoms with Crippen LogP contribution in [0.3, 0.4) is 0 Å². The Labute approximate surface area is 113 Å². The molecule has 0 radical (unpaired) electrons. The summed E-state index contributed by atoms with van der Waals surface area (Å²) in [5.74, 6) is 2.06. The van der Waals surface area contributed by atoms with Crippen molar-refractivity contribution in [3.05, 3.63) is 17.7 Å². The van der Waals surface area contributed by atoms with Crippen molar-refractivity contribution in [1.82, 2.24) is 0 Å². The highest BCUT2D eigenvalue weighted by Crippen LogP contribution is 2.43. The summed E-state index contributed by atoms with van der Waals surface area (Å²) in [7, 11) is 4.70. The molecule has 0 aromatic heterocycles. The molecule has 0 heterocycles. The van der Waals surface area contributed by atoms with E-state index in [9.17, 15) is 5.11 Å². The first-order valence-electron chi connectivity index (χ1n) is 6.36. The lowest BCUT2D eigenvalue weighted by Crippen LogP contribution is -2.28. The lowest BCUT2D eigenvalue weighted by molar-refractivity contribution is 0.120. The van der Waals surface area contributed by atoms with Gasteiger partial charge in [-0.05, 0) is 18.8 Å². The van der Waals surface area contributed by atoms with Crippen LogP contribution in [0, 0.1) is 5.92 Å². The minimum atomic E-state index is -0.573. The van der Waals surface area contributed by atoms with E-state index in [1.54, 1.807) is 33.5 Å². The summed E-state index contributed by atoms with van der Waals surface area (Å²) in [6, 6.07) is 2.97. The van der Waals surface area contributed by atoms with Gasteiger partial charge in [-0.25, -0.2) is 0 Å². The van der Waals surface area contributed by atoms with E-state index >= 15 is 0 Å². The number of aliphatic hydroxyl groups excluding tert-OH is 1. The highest BCUT2D eigenvalue weighted by atomic mass is 16.5. The fourth-order valence-corrected chi connectivity index (χ4v) is 2.26. The van der Waals surface area contributed by atoms with Crippen LogP contribution < -0.4 is 19.9 Å². The molecule has 0 spiro atoms. The minimum Gasteiger partial charge on any atom is -0.496 e. The van der Waals surface area contributed by atoms with Crippen molar-refractivity contribution in [2.75, 3.05) is 21.3 Å². The van der Waals surface area contributed by atoms with Crippen molar-refractivity contribution in [2.24, 2.45) is 11.7 Å². The molecular weight excluding hydrogens is 246 g/mol. The molecule has 0 amide bonds. The Morgan fingerprint density at radius 1 is 1.11 bits per heavy atom. The predicted molar refractivity (Wildman–Crippen MR) is 71.8 cm³/mol. The number of hydrogen-bond donors (Lipinski definition) is 2. The van der Waals surface area contributed by atoms with Gasteiger partial charge in [0.05, 0.1) is 39.0 Å². The molecule has 106 valence electrons. The molecule has 1 aromatic rings. The van der Waals surface area contributed by atoms with Gasteiger partial charge in [-0.15, -0.1) is 0 Å². The fraction of sp³-hybridized carbons (Fsp3) is 0.571. The zero-order chi connectivity index (χ0) is 14.0.